The molecule has 156 valence electrons. The molecule has 1 aliphatic heterocycles. The van der Waals surface area contributed by atoms with Crippen molar-refractivity contribution in [3.63, 3.8) is 0 Å². The van der Waals surface area contributed by atoms with Crippen LogP contribution in [0, 0.1) is 0 Å². The minimum absolute atomic E-state index is 0.0400. The van der Waals surface area contributed by atoms with E-state index in [0.717, 1.165) is 43.8 Å². The summed E-state index contributed by atoms with van der Waals surface area (Å²) in [6.07, 6.45) is 3.60. The summed E-state index contributed by atoms with van der Waals surface area (Å²) in [5.74, 6) is 1.36. The highest BCUT2D eigenvalue weighted by Gasteiger charge is 2.23. The third-order valence-electron chi connectivity index (χ3n) is 5.36. The number of likely N-dealkylation sites (tertiary alicyclic amines) is 1. The van der Waals surface area contributed by atoms with E-state index in [1.807, 2.05) is 41.3 Å². The van der Waals surface area contributed by atoms with Gasteiger partial charge in [-0.1, -0.05) is 48.5 Å². The second kappa shape index (κ2) is 9.59. The van der Waals surface area contributed by atoms with Crippen LogP contribution >= 0.6 is 0 Å². The van der Waals surface area contributed by atoms with Crippen molar-refractivity contribution in [2.24, 2.45) is 0 Å². The summed E-state index contributed by atoms with van der Waals surface area (Å²) in [5, 5.41) is 0. The molecule has 1 aliphatic rings. The molecule has 2 aromatic carbocycles. The van der Waals surface area contributed by atoms with Crippen molar-refractivity contribution in [3.8, 4) is 5.75 Å². The molecule has 3 aromatic rings. The average Bonchev–Trinajstić information content (AvgIpc) is 3.47. The van der Waals surface area contributed by atoms with Crippen LogP contribution < -0.4 is 4.74 Å². The van der Waals surface area contributed by atoms with Gasteiger partial charge in [-0.3, -0.25) is 9.69 Å². The highest BCUT2D eigenvalue weighted by molar-refractivity contribution is 5.92. The van der Waals surface area contributed by atoms with Gasteiger partial charge in [0.1, 0.15) is 12.0 Å². The van der Waals surface area contributed by atoms with Gasteiger partial charge in [-0.15, -0.1) is 0 Å². The van der Waals surface area contributed by atoms with Crippen LogP contribution in [0.1, 0.15) is 40.3 Å². The van der Waals surface area contributed by atoms with Gasteiger partial charge in [-0.2, -0.15) is 0 Å². The van der Waals surface area contributed by atoms with Gasteiger partial charge in [0.05, 0.1) is 13.7 Å². The number of hydrogen-bond donors (Lipinski definition) is 0. The standard InChI is InChI=1S/C24H27N3O3/c1-29-22-12-6-5-11-20(22)16-26(15-19-9-3-2-4-10-19)17-23-25-21(18-30-23)24(28)27-13-7-8-14-27/h2-6,9-12,18H,7-8,13-17H2,1H3. The fourth-order valence-corrected chi connectivity index (χ4v) is 3.84. The lowest BCUT2D eigenvalue weighted by Crippen LogP contribution is -2.28. The minimum Gasteiger partial charge on any atom is -0.496 e. The van der Waals surface area contributed by atoms with Crippen LogP contribution in [0.2, 0.25) is 0 Å². The summed E-state index contributed by atoms with van der Waals surface area (Å²) < 4.78 is 11.2. The molecule has 1 amide bonds. The van der Waals surface area contributed by atoms with Crippen molar-refractivity contribution in [1.29, 1.82) is 0 Å². The number of para-hydroxylation sites is 1. The highest BCUT2D eigenvalue weighted by atomic mass is 16.5. The maximum atomic E-state index is 12.6. The summed E-state index contributed by atoms with van der Waals surface area (Å²) in [4.78, 5) is 21.2. The van der Waals surface area contributed by atoms with Crippen molar-refractivity contribution >= 4 is 5.91 Å². The molecule has 0 N–H and O–H groups in total. The van der Waals surface area contributed by atoms with E-state index in [1.54, 1.807) is 7.11 Å². The van der Waals surface area contributed by atoms with Gasteiger partial charge in [0.25, 0.3) is 5.91 Å². The van der Waals surface area contributed by atoms with E-state index in [0.29, 0.717) is 24.7 Å². The van der Waals surface area contributed by atoms with Crippen LogP contribution in [0.25, 0.3) is 0 Å². The summed E-state index contributed by atoms with van der Waals surface area (Å²) in [6, 6.07) is 18.3. The molecule has 0 aliphatic carbocycles. The van der Waals surface area contributed by atoms with Crippen molar-refractivity contribution < 1.29 is 13.9 Å². The van der Waals surface area contributed by atoms with Crippen LogP contribution in [0.3, 0.4) is 0 Å². The third-order valence-corrected chi connectivity index (χ3v) is 5.36. The molecule has 4 rings (SSSR count). The average molecular weight is 405 g/mol. The molecule has 0 atom stereocenters. The maximum Gasteiger partial charge on any atom is 0.275 e. The molecular formula is C24H27N3O3. The number of carbonyl (C=O) groups is 1. The molecule has 0 saturated carbocycles. The monoisotopic (exact) mass is 405 g/mol. The maximum absolute atomic E-state index is 12.6. The van der Waals surface area contributed by atoms with Gasteiger partial charge < -0.3 is 14.1 Å². The number of amides is 1. The Hall–Kier alpha value is -3.12. The summed E-state index contributed by atoms with van der Waals surface area (Å²) in [5.41, 5.74) is 2.69. The number of carbonyl (C=O) groups excluding carboxylic acids is 1. The van der Waals surface area contributed by atoms with E-state index in [4.69, 9.17) is 9.15 Å². The minimum atomic E-state index is -0.0400. The smallest absolute Gasteiger partial charge is 0.275 e. The number of nitrogens with zero attached hydrogens (tertiary/aromatic N) is 3. The molecule has 0 spiro atoms. The van der Waals surface area contributed by atoms with E-state index in [9.17, 15) is 4.79 Å². The van der Waals surface area contributed by atoms with E-state index in [2.05, 4.69) is 28.1 Å². The number of rotatable bonds is 8. The quantitative estimate of drug-likeness (QED) is 0.564. The van der Waals surface area contributed by atoms with Crippen molar-refractivity contribution in [2.45, 2.75) is 32.5 Å². The Morgan fingerprint density at radius 1 is 1.03 bits per heavy atom. The molecule has 2 heterocycles. The molecular weight excluding hydrogens is 378 g/mol. The number of aromatic nitrogens is 1. The summed E-state index contributed by atoms with van der Waals surface area (Å²) in [7, 11) is 1.69. The van der Waals surface area contributed by atoms with Crippen LogP contribution in [-0.4, -0.2) is 40.9 Å². The second-order valence-electron chi connectivity index (χ2n) is 7.57. The topological polar surface area (TPSA) is 58.8 Å². The van der Waals surface area contributed by atoms with Gasteiger partial charge in [-0.05, 0) is 24.5 Å². The third kappa shape index (κ3) is 4.89. The highest BCUT2D eigenvalue weighted by Crippen LogP contribution is 2.22. The first kappa shape index (κ1) is 20.2. The number of methoxy groups -OCH3 is 1. The van der Waals surface area contributed by atoms with Gasteiger partial charge in [0, 0.05) is 31.7 Å². The van der Waals surface area contributed by atoms with Gasteiger partial charge >= 0.3 is 0 Å². The fraction of sp³-hybridized carbons (Fsp3) is 0.333. The number of hydrogen-bond acceptors (Lipinski definition) is 5. The van der Waals surface area contributed by atoms with Crippen LogP contribution in [0.15, 0.2) is 65.3 Å². The van der Waals surface area contributed by atoms with Crippen molar-refractivity contribution in [2.75, 3.05) is 20.2 Å². The van der Waals surface area contributed by atoms with E-state index >= 15 is 0 Å². The summed E-state index contributed by atoms with van der Waals surface area (Å²) >= 11 is 0. The largest absolute Gasteiger partial charge is 0.496 e. The van der Waals surface area contributed by atoms with Gasteiger partial charge in [0.15, 0.2) is 5.69 Å². The fourth-order valence-electron chi connectivity index (χ4n) is 3.84. The molecule has 6 heteroatoms. The zero-order valence-corrected chi connectivity index (χ0v) is 17.3. The first-order chi connectivity index (χ1) is 14.7. The first-order valence-corrected chi connectivity index (χ1v) is 10.3. The Morgan fingerprint density at radius 3 is 2.53 bits per heavy atom. The molecule has 1 aromatic heterocycles. The molecule has 0 unspecified atom stereocenters. The van der Waals surface area contributed by atoms with Gasteiger partial charge in [-0.25, -0.2) is 4.98 Å². The Labute approximate surface area is 177 Å². The predicted octanol–water partition coefficient (Wildman–Crippen LogP) is 4.12. The molecule has 1 fully saturated rings. The summed E-state index contributed by atoms with van der Waals surface area (Å²) in [6.45, 7) is 3.51. The van der Waals surface area contributed by atoms with Crippen LogP contribution in [-0.2, 0) is 19.6 Å². The lowest BCUT2D eigenvalue weighted by Gasteiger charge is -2.22. The normalized spacial score (nSPS) is 13.7. The second-order valence-corrected chi connectivity index (χ2v) is 7.57. The Kier molecular flexibility index (Phi) is 6.44. The molecule has 1 saturated heterocycles. The number of benzene rings is 2. The Bertz CT molecular complexity index is 965. The SMILES string of the molecule is COc1ccccc1CN(Cc1ccccc1)Cc1nc(C(=O)N2CCCC2)co1. The van der Waals surface area contributed by atoms with E-state index < -0.39 is 0 Å². The molecule has 6 nitrogen and oxygen atoms in total. The lowest BCUT2D eigenvalue weighted by atomic mass is 10.1. The number of oxazole rings is 1. The van der Waals surface area contributed by atoms with E-state index in [1.165, 1.54) is 11.8 Å². The predicted molar refractivity (Wildman–Crippen MR) is 114 cm³/mol. The Morgan fingerprint density at radius 2 is 1.77 bits per heavy atom. The zero-order chi connectivity index (χ0) is 20.8. The van der Waals surface area contributed by atoms with Crippen LogP contribution in [0.5, 0.6) is 5.75 Å². The molecule has 30 heavy (non-hydrogen) atoms. The first-order valence-electron chi connectivity index (χ1n) is 10.3. The van der Waals surface area contributed by atoms with Crippen LogP contribution in [0.4, 0.5) is 0 Å². The van der Waals surface area contributed by atoms with Crippen molar-refractivity contribution in [3.05, 3.63) is 83.6 Å². The molecule has 0 bridgehead atoms. The lowest BCUT2D eigenvalue weighted by molar-refractivity contribution is 0.0787. The Balaban J connectivity index is 1.51. The molecule has 0 radical (unpaired) electrons. The van der Waals surface area contributed by atoms with E-state index in [-0.39, 0.29) is 5.91 Å². The van der Waals surface area contributed by atoms with Gasteiger partial charge in [0.2, 0.25) is 5.89 Å². The zero-order valence-electron chi connectivity index (χ0n) is 17.3. The van der Waals surface area contributed by atoms with Crippen molar-refractivity contribution in [1.82, 2.24) is 14.8 Å². The number of ether oxygens (including phenoxy) is 1.